The van der Waals surface area contributed by atoms with E-state index in [0.717, 1.165) is 18.0 Å². The monoisotopic (exact) mass is 226 g/mol. The maximum Gasteiger partial charge on any atom is 0.161 e. The van der Waals surface area contributed by atoms with Crippen LogP contribution in [-0.2, 0) is 6.54 Å². The molecule has 3 rings (SSSR count). The van der Waals surface area contributed by atoms with Crippen LogP contribution in [0.25, 0.3) is 0 Å². The fourth-order valence-electron chi connectivity index (χ4n) is 2.09. The van der Waals surface area contributed by atoms with Gasteiger partial charge in [0.15, 0.2) is 6.73 Å². The van der Waals surface area contributed by atoms with Crippen molar-refractivity contribution < 1.29 is 4.74 Å². The topological polar surface area (TPSA) is 25.4 Å². The second-order valence-corrected chi connectivity index (χ2v) is 4.29. The number of pyridine rings is 1. The number of aryl methyl sites for hydroxylation is 1. The van der Waals surface area contributed by atoms with Gasteiger partial charge in [-0.3, -0.25) is 4.98 Å². The van der Waals surface area contributed by atoms with Gasteiger partial charge in [-0.2, -0.15) is 0 Å². The third-order valence-corrected chi connectivity index (χ3v) is 2.98. The van der Waals surface area contributed by atoms with Crippen molar-refractivity contribution in [2.75, 3.05) is 11.6 Å². The van der Waals surface area contributed by atoms with Crippen LogP contribution >= 0.6 is 0 Å². The zero-order chi connectivity index (χ0) is 11.7. The lowest BCUT2D eigenvalue weighted by Crippen LogP contribution is -2.31. The third-order valence-electron chi connectivity index (χ3n) is 2.98. The lowest BCUT2D eigenvalue weighted by Gasteiger charge is -2.30. The van der Waals surface area contributed by atoms with Crippen LogP contribution in [0, 0.1) is 6.92 Å². The van der Waals surface area contributed by atoms with E-state index in [4.69, 9.17) is 4.74 Å². The van der Waals surface area contributed by atoms with Gasteiger partial charge in [0.2, 0.25) is 0 Å². The average Bonchev–Trinajstić information content (AvgIpc) is 2.39. The van der Waals surface area contributed by atoms with Gasteiger partial charge in [-0.05, 0) is 25.1 Å². The maximum atomic E-state index is 5.75. The molecule has 1 aliphatic rings. The molecule has 1 aliphatic heterocycles. The van der Waals surface area contributed by atoms with Gasteiger partial charge < -0.3 is 9.64 Å². The molecule has 0 bridgehead atoms. The Morgan fingerprint density at radius 1 is 1.18 bits per heavy atom. The molecule has 1 aromatic heterocycles. The maximum absolute atomic E-state index is 5.75. The molecule has 3 nitrogen and oxygen atoms in total. The molecular formula is C14H14N2O. The van der Waals surface area contributed by atoms with Crippen LogP contribution in [-0.4, -0.2) is 11.7 Å². The Balaban J connectivity index is 1.90. The number of anilines is 1. The number of fused-ring (bicyclic) bond motifs is 1. The highest BCUT2D eigenvalue weighted by Crippen LogP contribution is 2.28. The molecule has 2 aromatic rings. The highest BCUT2D eigenvalue weighted by Gasteiger charge is 2.17. The molecule has 0 saturated heterocycles. The Kier molecular flexibility index (Phi) is 2.44. The van der Waals surface area contributed by atoms with Crippen LogP contribution in [0.3, 0.4) is 0 Å². The van der Waals surface area contributed by atoms with Crippen LogP contribution in [0.4, 0.5) is 5.69 Å². The number of ether oxygens (including phenoxy) is 1. The minimum absolute atomic E-state index is 0.597. The first-order valence-electron chi connectivity index (χ1n) is 5.70. The summed E-state index contributed by atoms with van der Waals surface area (Å²) in [4.78, 5) is 6.23. The van der Waals surface area contributed by atoms with E-state index in [9.17, 15) is 0 Å². The molecule has 1 aromatic carbocycles. The fraction of sp³-hybridized carbons (Fsp3) is 0.214. The van der Waals surface area contributed by atoms with E-state index in [2.05, 4.69) is 35.0 Å². The summed E-state index contributed by atoms with van der Waals surface area (Å²) >= 11 is 0. The van der Waals surface area contributed by atoms with Crippen molar-refractivity contribution in [2.24, 2.45) is 0 Å². The summed E-state index contributed by atoms with van der Waals surface area (Å²) in [6, 6.07) is 10.3. The van der Waals surface area contributed by atoms with Crippen molar-refractivity contribution in [1.29, 1.82) is 0 Å². The van der Waals surface area contributed by atoms with E-state index in [1.807, 2.05) is 12.1 Å². The number of aromatic nitrogens is 1. The van der Waals surface area contributed by atoms with E-state index in [1.165, 1.54) is 11.1 Å². The van der Waals surface area contributed by atoms with Crippen LogP contribution in [0.15, 0.2) is 42.7 Å². The largest absolute Gasteiger partial charge is 0.473 e. The predicted molar refractivity (Wildman–Crippen MR) is 67.1 cm³/mol. The van der Waals surface area contributed by atoms with Crippen molar-refractivity contribution in [3.8, 4) is 5.75 Å². The Morgan fingerprint density at radius 2 is 2.00 bits per heavy atom. The number of benzene rings is 1. The van der Waals surface area contributed by atoms with E-state index >= 15 is 0 Å². The van der Waals surface area contributed by atoms with Crippen molar-refractivity contribution in [1.82, 2.24) is 4.98 Å². The first kappa shape index (κ1) is 10.1. The highest BCUT2D eigenvalue weighted by atomic mass is 16.5. The van der Waals surface area contributed by atoms with Gasteiger partial charge in [0.25, 0.3) is 0 Å². The van der Waals surface area contributed by atoms with E-state index in [1.54, 1.807) is 12.4 Å². The summed E-state index contributed by atoms with van der Waals surface area (Å²) in [7, 11) is 0. The molecule has 0 spiro atoms. The minimum Gasteiger partial charge on any atom is -0.473 e. The summed E-state index contributed by atoms with van der Waals surface area (Å²) in [6.07, 6.45) is 3.61. The SMILES string of the molecule is Cc1ccc2c(c1)CN(c1ccncc1)CO2. The number of hydrogen-bond acceptors (Lipinski definition) is 3. The van der Waals surface area contributed by atoms with Gasteiger partial charge >= 0.3 is 0 Å². The minimum atomic E-state index is 0.597. The molecule has 3 heteroatoms. The zero-order valence-corrected chi connectivity index (χ0v) is 9.76. The zero-order valence-electron chi connectivity index (χ0n) is 9.76. The molecule has 0 aliphatic carbocycles. The summed E-state index contributed by atoms with van der Waals surface area (Å²) in [5, 5.41) is 0. The second-order valence-electron chi connectivity index (χ2n) is 4.29. The second kappa shape index (κ2) is 4.09. The van der Waals surface area contributed by atoms with Crippen molar-refractivity contribution in [3.05, 3.63) is 53.9 Å². The van der Waals surface area contributed by atoms with E-state index in [0.29, 0.717) is 6.73 Å². The first-order valence-corrected chi connectivity index (χ1v) is 5.70. The van der Waals surface area contributed by atoms with Gasteiger partial charge in [-0.25, -0.2) is 0 Å². The Hall–Kier alpha value is -2.03. The van der Waals surface area contributed by atoms with Gasteiger partial charge in [0.05, 0.1) is 0 Å². The third kappa shape index (κ3) is 1.96. The van der Waals surface area contributed by atoms with E-state index < -0.39 is 0 Å². The van der Waals surface area contributed by atoms with Crippen LogP contribution in [0.2, 0.25) is 0 Å². The summed E-state index contributed by atoms with van der Waals surface area (Å²) in [5.41, 5.74) is 3.66. The van der Waals surface area contributed by atoms with Gasteiger partial charge in [0, 0.05) is 30.2 Å². The summed E-state index contributed by atoms with van der Waals surface area (Å²) in [6.45, 7) is 3.59. The Morgan fingerprint density at radius 3 is 2.82 bits per heavy atom. The van der Waals surface area contributed by atoms with Crippen molar-refractivity contribution in [3.63, 3.8) is 0 Å². The Labute approximate surface area is 101 Å². The normalized spacial score (nSPS) is 14.1. The van der Waals surface area contributed by atoms with Crippen molar-refractivity contribution in [2.45, 2.75) is 13.5 Å². The molecule has 0 fully saturated rings. The molecule has 86 valence electrons. The predicted octanol–water partition coefficient (Wildman–Crippen LogP) is 2.75. The molecule has 0 radical (unpaired) electrons. The fourth-order valence-corrected chi connectivity index (χ4v) is 2.09. The summed E-state index contributed by atoms with van der Waals surface area (Å²) < 4.78 is 5.75. The molecule has 0 amide bonds. The lowest BCUT2D eigenvalue weighted by molar-refractivity contribution is 0.289. The van der Waals surface area contributed by atoms with Gasteiger partial charge in [-0.15, -0.1) is 0 Å². The van der Waals surface area contributed by atoms with Crippen LogP contribution in [0.5, 0.6) is 5.75 Å². The average molecular weight is 226 g/mol. The Bertz CT molecular complexity index is 525. The van der Waals surface area contributed by atoms with Crippen molar-refractivity contribution >= 4 is 5.69 Å². The summed E-state index contributed by atoms with van der Waals surface area (Å²) in [5.74, 6) is 1.00. The molecular weight excluding hydrogens is 212 g/mol. The molecule has 0 unspecified atom stereocenters. The highest BCUT2D eigenvalue weighted by molar-refractivity contribution is 5.49. The quantitative estimate of drug-likeness (QED) is 0.747. The standard InChI is InChI=1S/C14H14N2O/c1-11-2-3-14-12(8-11)9-16(10-17-14)13-4-6-15-7-5-13/h2-8H,9-10H2,1H3. The van der Waals surface area contributed by atoms with Gasteiger partial charge in [-0.1, -0.05) is 17.7 Å². The number of hydrogen-bond donors (Lipinski definition) is 0. The first-order chi connectivity index (χ1) is 8.33. The molecule has 0 saturated carbocycles. The molecule has 0 N–H and O–H groups in total. The van der Waals surface area contributed by atoms with Gasteiger partial charge in [0.1, 0.15) is 5.75 Å². The molecule has 0 atom stereocenters. The molecule has 17 heavy (non-hydrogen) atoms. The van der Waals surface area contributed by atoms with Crippen LogP contribution < -0.4 is 9.64 Å². The number of nitrogens with zero attached hydrogens (tertiary/aromatic N) is 2. The van der Waals surface area contributed by atoms with E-state index in [-0.39, 0.29) is 0 Å². The smallest absolute Gasteiger partial charge is 0.161 e. The molecule has 2 heterocycles. The van der Waals surface area contributed by atoms with Crippen LogP contribution in [0.1, 0.15) is 11.1 Å². The number of rotatable bonds is 1. The lowest BCUT2D eigenvalue weighted by atomic mass is 10.1.